The molecule has 9 aliphatic rings. The molecule has 0 aliphatic carbocycles. The molecule has 9 fully saturated rings. The molecule has 0 spiro atoms. The summed E-state index contributed by atoms with van der Waals surface area (Å²) in [5, 5.41) is 24.5. The van der Waals surface area contributed by atoms with Gasteiger partial charge in [-0.15, -0.1) is 12.4 Å². The number of Topliss-reactive ketones (excluding diaryl/α,β-unsaturated/α-hetero) is 1. The molecule has 0 saturated carbocycles. The van der Waals surface area contributed by atoms with Gasteiger partial charge in [-0.25, -0.2) is 31.9 Å². The quantitative estimate of drug-likeness (QED) is 0.124. The summed E-state index contributed by atoms with van der Waals surface area (Å²) in [5.41, 5.74) is -1.45. The number of nitrogens with one attached hydrogen (secondary N) is 2. The molecule has 90 heavy (non-hydrogen) atoms. The van der Waals surface area contributed by atoms with E-state index >= 15 is 0 Å². The molecule has 0 unspecified atom stereocenters. The third-order valence-corrected chi connectivity index (χ3v) is 16.3. The van der Waals surface area contributed by atoms with Crippen LogP contribution in [0, 0.1) is 0 Å². The molecule has 0 aromatic rings. The van der Waals surface area contributed by atoms with Gasteiger partial charge >= 0.3 is 49.1 Å². The van der Waals surface area contributed by atoms with Gasteiger partial charge in [0.25, 0.3) is 0 Å². The largest absolute Gasteiger partial charge is 1.00 e. The number of ketones is 1. The van der Waals surface area contributed by atoms with Crippen molar-refractivity contribution < 1.29 is 105 Å². The van der Waals surface area contributed by atoms with E-state index in [1.54, 1.807) is 14.7 Å². The number of esters is 2. The Morgan fingerprint density at radius 1 is 0.556 bits per heavy atom. The molecule has 4 N–H and O–H groups in total. The molecule has 9 heterocycles. The predicted octanol–water partition coefficient (Wildman–Crippen LogP) is 3.31. The summed E-state index contributed by atoms with van der Waals surface area (Å²) >= 11 is 0. The van der Waals surface area contributed by atoms with Crippen molar-refractivity contribution in [2.75, 3.05) is 119 Å². The standard InChI is InChI=1S/C16H27FN2O4.C15H27FN2O3.C10H19FN2O.C10H17NO3.C6H10FNO2.C4H8O.B.ClH.Li.H/c1-16(2,3)23-15(21)18-7-5-12(6-8-18)19-10-11(17)9-13(19)14(20)22-4;1-15(2,3)21-14(20)17-6-4-12(5-7-17)18-9-11(16)8-13(18)10-19;11-8-5-10(7-14)13(6-8)9-1-3-12-4-2-9;1-10(2,3)14-9(13)11-6-4-8(12)5-7-11;1-10-6(9)5-2-4(7)3-8-5;1-2-4-5-3-1;;;;/h11-13H,5-10H2,1-4H3;11-13,19H,4-10H2,1-3H3;8-10,12,14H,1-7H2;4-7H2,1-3H3;4-5,8H,2-3H2,1H3;1-4H2;;1H;;/q;;;;;;;;+1;-1/t2*11-,13-;8-,10-;;4-,5-;;;;;/m111.1...../s1. The summed E-state index contributed by atoms with van der Waals surface area (Å²) in [5.74, 6) is -0.523. The number of rotatable bonds is 7. The van der Waals surface area contributed by atoms with Crippen LogP contribution in [-0.4, -0.2) is 287 Å². The number of carbonyl (C=O) groups excluding carboxylic acids is 6. The molecular weight excluding hydrogens is 1200 g/mol. The maximum atomic E-state index is 13.7. The Balaban J connectivity index is 0.00000110. The fourth-order valence-electron chi connectivity index (χ4n) is 11.9. The van der Waals surface area contributed by atoms with Crippen LogP contribution in [0.3, 0.4) is 0 Å². The summed E-state index contributed by atoms with van der Waals surface area (Å²) in [4.78, 5) is 80.2. The second-order valence-corrected chi connectivity index (χ2v) is 26.8. The SMILES string of the molecule is C1CCOC1.CC(C)(C)OC(=O)N1CCC(=O)CC1.CC(C)(C)OC(=O)N1CCC(N2C[C@H](F)C[C@@H]2CO)CC1.COC(=O)[C@H]1C[C@@H](F)CN1.COC(=O)[C@H]1C[C@@H](F)CN1C1CCN(C(=O)OC(C)(C)C)CC1.Cl.OC[C@H]1C[C@@H](F)CN1C1CCNCC1.[B].[H-].[Li+]. The number of methoxy groups -OCH3 is 2. The Bertz CT molecular complexity index is 2100. The number of hydrogen-bond acceptors (Lipinski definition) is 19. The van der Waals surface area contributed by atoms with Gasteiger partial charge in [-0.3, -0.25) is 29.1 Å². The molecule has 3 amide bonds. The fraction of sp³-hybridized carbons (Fsp3) is 0.902. The first kappa shape index (κ1) is 84.8. The van der Waals surface area contributed by atoms with Gasteiger partial charge in [-0.2, -0.15) is 0 Å². The van der Waals surface area contributed by atoms with Crippen LogP contribution in [0.5, 0.6) is 0 Å². The van der Waals surface area contributed by atoms with Crippen LogP contribution >= 0.6 is 12.4 Å². The average Bonchev–Trinajstić information content (AvgIpc) is 2.07. The smallest absolute Gasteiger partial charge is 1.00 e. The molecule has 9 rings (SSSR count). The summed E-state index contributed by atoms with van der Waals surface area (Å²) in [6, 6.07) is -0.117. The van der Waals surface area contributed by atoms with E-state index in [9.17, 15) is 51.4 Å². The van der Waals surface area contributed by atoms with Crippen molar-refractivity contribution in [3.63, 3.8) is 0 Å². The van der Waals surface area contributed by atoms with Gasteiger partial charge in [-0.1, -0.05) is 0 Å². The van der Waals surface area contributed by atoms with E-state index in [4.69, 9.17) is 28.8 Å². The number of hydrogen-bond donors (Lipinski definition) is 4. The van der Waals surface area contributed by atoms with Gasteiger partial charge in [0.2, 0.25) is 0 Å². The Morgan fingerprint density at radius 3 is 1.27 bits per heavy atom. The second-order valence-electron chi connectivity index (χ2n) is 26.8. The molecule has 22 nitrogen and oxygen atoms in total. The van der Waals surface area contributed by atoms with Crippen molar-refractivity contribution in [3.8, 4) is 0 Å². The van der Waals surface area contributed by atoms with Gasteiger partial charge in [-0.05, 0) is 140 Å². The van der Waals surface area contributed by atoms with E-state index in [2.05, 4.69) is 25.2 Å². The van der Waals surface area contributed by atoms with Crippen molar-refractivity contribution in [2.24, 2.45) is 0 Å². The van der Waals surface area contributed by atoms with Gasteiger partial charge in [0.15, 0.2) is 0 Å². The zero-order valence-electron chi connectivity index (χ0n) is 57.0. The number of ether oxygens (including phenoxy) is 6. The predicted molar refractivity (Wildman–Crippen MR) is 333 cm³/mol. The van der Waals surface area contributed by atoms with Crippen LogP contribution in [0.4, 0.5) is 31.9 Å². The molecule has 0 aromatic carbocycles. The second kappa shape index (κ2) is 41.6. The first-order chi connectivity index (χ1) is 40.9. The van der Waals surface area contributed by atoms with Crippen molar-refractivity contribution in [3.05, 3.63) is 0 Å². The van der Waals surface area contributed by atoms with Crippen LogP contribution in [0.2, 0.25) is 0 Å². The van der Waals surface area contributed by atoms with Crippen molar-refractivity contribution in [1.82, 2.24) is 40.0 Å². The monoisotopic (exact) mass is 1310 g/mol. The molecule has 0 bridgehead atoms. The topological polar surface area (TPSA) is 242 Å². The van der Waals surface area contributed by atoms with Crippen molar-refractivity contribution >= 4 is 56.8 Å². The summed E-state index contributed by atoms with van der Waals surface area (Å²) < 4.78 is 82.9. The number of piperidine rings is 4. The van der Waals surface area contributed by atoms with Crippen LogP contribution in [-0.2, 0) is 42.8 Å². The Morgan fingerprint density at radius 2 is 0.922 bits per heavy atom. The molecule has 9 saturated heterocycles. The van der Waals surface area contributed by atoms with Crippen molar-refractivity contribution in [2.45, 2.75) is 236 Å². The zero-order chi connectivity index (χ0) is 64.6. The minimum absolute atomic E-state index is 0. The molecule has 0 aromatic heterocycles. The van der Waals surface area contributed by atoms with E-state index in [0.29, 0.717) is 96.9 Å². The number of alkyl halides is 4. The number of nitrogens with zero attached hydrogens (tertiary/aromatic N) is 6. The third-order valence-electron chi connectivity index (χ3n) is 16.3. The van der Waals surface area contributed by atoms with Crippen LogP contribution in [0.25, 0.3) is 0 Å². The van der Waals surface area contributed by atoms with E-state index < -0.39 is 53.6 Å². The molecule has 9 aliphatic heterocycles. The first-order valence-corrected chi connectivity index (χ1v) is 31.6. The molecular formula is C61H110BClF4LiN8O14. The minimum Gasteiger partial charge on any atom is -1.00 e. The Hall–Kier alpha value is -3.23. The number of halogens is 5. The van der Waals surface area contributed by atoms with E-state index in [1.807, 2.05) is 67.2 Å². The van der Waals surface area contributed by atoms with E-state index in [1.165, 1.54) is 27.1 Å². The number of aliphatic hydroxyl groups is 2. The van der Waals surface area contributed by atoms with Gasteiger partial charge in [0.1, 0.15) is 59.4 Å². The molecule has 29 heteroatoms. The summed E-state index contributed by atoms with van der Waals surface area (Å²) in [6.07, 6.45) is 5.67. The molecule has 517 valence electrons. The number of carbonyl (C=O) groups is 6. The van der Waals surface area contributed by atoms with E-state index in [0.717, 1.165) is 52.0 Å². The molecule has 3 radical (unpaired) electrons. The number of amides is 3. The molecule has 8 atom stereocenters. The van der Waals surface area contributed by atoms with Gasteiger partial charge in [0, 0.05) is 143 Å². The summed E-state index contributed by atoms with van der Waals surface area (Å²) in [7, 11) is 2.63. The Labute approximate surface area is 554 Å². The van der Waals surface area contributed by atoms with Crippen LogP contribution in [0.1, 0.15) is 154 Å². The van der Waals surface area contributed by atoms with Crippen molar-refractivity contribution in [1.29, 1.82) is 0 Å². The number of likely N-dealkylation sites (tertiary alicyclic amines) is 6. The number of aliphatic hydroxyl groups excluding tert-OH is 2. The van der Waals surface area contributed by atoms with Crippen LogP contribution in [0.15, 0.2) is 0 Å². The van der Waals surface area contributed by atoms with Crippen LogP contribution < -0.4 is 29.5 Å². The summed E-state index contributed by atoms with van der Waals surface area (Å²) in [6.45, 7) is 25.6. The first-order valence-electron chi connectivity index (χ1n) is 31.6. The van der Waals surface area contributed by atoms with E-state index in [-0.39, 0.29) is 140 Å². The average molecular weight is 1310 g/mol. The maximum absolute atomic E-state index is 13.7. The Kier molecular flexibility index (Phi) is 39.2. The van der Waals surface area contributed by atoms with Gasteiger partial charge in [0.05, 0.1) is 27.4 Å². The zero-order valence-corrected chi connectivity index (χ0v) is 56.9. The maximum Gasteiger partial charge on any atom is 1.00 e. The fourth-order valence-corrected chi connectivity index (χ4v) is 11.9. The third kappa shape index (κ3) is 30.5. The minimum atomic E-state index is -0.997. The van der Waals surface area contributed by atoms with Gasteiger partial charge < -0.3 is 65.4 Å². The normalized spacial score (nSPS) is 27.1.